The highest BCUT2D eigenvalue weighted by atomic mass is 16.4. The number of benzene rings is 1. The molecule has 0 fully saturated rings. The van der Waals surface area contributed by atoms with Crippen molar-refractivity contribution < 1.29 is 10.0 Å². The van der Waals surface area contributed by atoms with E-state index in [-0.39, 0.29) is 5.91 Å². The van der Waals surface area contributed by atoms with E-state index in [1.807, 2.05) is 43.0 Å². The topological polar surface area (TPSA) is 52.9 Å². The highest BCUT2D eigenvalue weighted by Gasteiger charge is 2.24. The van der Waals surface area contributed by atoms with Gasteiger partial charge in [-0.15, -0.1) is 0 Å². The highest BCUT2D eigenvalue weighted by molar-refractivity contribution is 6.09. The molecule has 2 rings (SSSR count). The summed E-state index contributed by atoms with van der Waals surface area (Å²) in [6, 6.07) is 7.64. The summed E-state index contributed by atoms with van der Waals surface area (Å²) in [6.07, 6.45) is 2.05. The lowest BCUT2D eigenvalue weighted by molar-refractivity contribution is -0.119. The fourth-order valence-corrected chi connectivity index (χ4v) is 2.44. The summed E-state index contributed by atoms with van der Waals surface area (Å²) in [5.74, 6) is 0.482. The first-order chi connectivity index (χ1) is 9.13. The molecule has 102 valence electrons. The van der Waals surface area contributed by atoms with Gasteiger partial charge in [-0.3, -0.25) is 4.79 Å². The number of anilines is 1. The van der Waals surface area contributed by atoms with Crippen molar-refractivity contribution in [1.29, 1.82) is 0 Å². The van der Waals surface area contributed by atoms with Crippen LogP contribution in [0.4, 0.5) is 5.69 Å². The summed E-state index contributed by atoms with van der Waals surface area (Å²) in [6.45, 7) is 4.77. The number of carbonyl (C=O) groups excluding carboxylic acids is 1. The van der Waals surface area contributed by atoms with Crippen LogP contribution in [-0.2, 0) is 4.79 Å². The number of fused-ring (bicyclic) bond motifs is 1. The minimum atomic E-state index is 0.140. The van der Waals surface area contributed by atoms with E-state index in [0.29, 0.717) is 31.0 Å². The van der Waals surface area contributed by atoms with Crippen molar-refractivity contribution in [3.63, 3.8) is 0 Å². The molecule has 19 heavy (non-hydrogen) atoms. The van der Waals surface area contributed by atoms with Crippen LogP contribution in [0, 0.1) is 5.92 Å². The molecule has 0 saturated carbocycles. The van der Waals surface area contributed by atoms with Crippen molar-refractivity contribution in [2.75, 3.05) is 11.4 Å². The molecular formula is C15H20N2O2. The summed E-state index contributed by atoms with van der Waals surface area (Å²) in [4.78, 5) is 14.2. The first-order valence-corrected chi connectivity index (χ1v) is 6.74. The number of amides is 1. The molecule has 0 saturated heterocycles. The number of para-hydroxylation sites is 1. The van der Waals surface area contributed by atoms with Gasteiger partial charge < -0.3 is 10.1 Å². The molecule has 0 bridgehead atoms. The van der Waals surface area contributed by atoms with Gasteiger partial charge in [0.15, 0.2) is 0 Å². The Labute approximate surface area is 113 Å². The number of rotatable bonds is 2. The Morgan fingerprint density at radius 1 is 1.42 bits per heavy atom. The van der Waals surface area contributed by atoms with E-state index >= 15 is 0 Å². The third kappa shape index (κ3) is 2.95. The minimum absolute atomic E-state index is 0.140. The van der Waals surface area contributed by atoms with Crippen LogP contribution in [0.15, 0.2) is 29.4 Å². The van der Waals surface area contributed by atoms with Gasteiger partial charge in [-0.25, -0.2) is 0 Å². The molecule has 0 aromatic heterocycles. The van der Waals surface area contributed by atoms with Crippen LogP contribution < -0.4 is 4.90 Å². The second kappa shape index (κ2) is 5.87. The van der Waals surface area contributed by atoms with E-state index in [1.165, 1.54) is 0 Å². The van der Waals surface area contributed by atoms with Crippen LogP contribution in [0.5, 0.6) is 0 Å². The smallest absolute Gasteiger partial charge is 0.227 e. The fourth-order valence-electron chi connectivity index (χ4n) is 2.44. The van der Waals surface area contributed by atoms with Crippen LogP contribution in [0.2, 0.25) is 0 Å². The molecule has 4 nitrogen and oxygen atoms in total. The molecule has 1 N–H and O–H groups in total. The minimum Gasteiger partial charge on any atom is -0.411 e. The fraction of sp³-hybridized carbons (Fsp3) is 0.467. The van der Waals surface area contributed by atoms with Gasteiger partial charge >= 0.3 is 0 Å². The first kappa shape index (κ1) is 13.6. The Balaban J connectivity index is 2.38. The Morgan fingerprint density at radius 2 is 2.16 bits per heavy atom. The molecule has 0 spiro atoms. The maximum absolute atomic E-state index is 12.3. The van der Waals surface area contributed by atoms with Gasteiger partial charge in [-0.2, -0.15) is 0 Å². The van der Waals surface area contributed by atoms with Crippen LogP contribution in [-0.4, -0.2) is 23.4 Å². The van der Waals surface area contributed by atoms with Crippen LogP contribution >= 0.6 is 0 Å². The number of carbonyl (C=O) groups is 1. The standard InChI is InChI=1S/C15H20N2O2/c1-11(2)10-15(18)17-9-5-7-13(16-19)12-6-3-4-8-14(12)17/h3-4,6,8,11,19H,5,7,9-10H2,1-2H3/b16-13-. The van der Waals surface area contributed by atoms with Crippen LogP contribution in [0.25, 0.3) is 0 Å². The molecule has 1 aliphatic rings. The molecule has 4 heteroatoms. The molecule has 0 unspecified atom stereocenters. The highest BCUT2D eigenvalue weighted by Crippen LogP contribution is 2.27. The molecule has 0 aliphatic carbocycles. The normalized spacial score (nSPS) is 17.4. The van der Waals surface area contributed by atoms with Gasteiger partial charge in [0.05, 0.1) is 11.4 Å². The molecule has 1 aromatic carbocycles. The van der Waals surface area contributed by atoms with Crippen LogP contribution in [0.3, 0.4) is 0 Å². The Morgan fingerprint density at radius 3 is 2.84 bits per heavy atom. The first-order valence-electron chi connectivity index (χ1n) is 6.74. The Bertz CT molecular complexity index is 495. The molecule has 0 atom stereocenters. The van der Waals surface area contributed by atoms with Gasteiger partial charge in [-0.05, 0) is 24.8 Å². The zero-order valence-corrected chi connectivity index (χ0v) is 11.5. The average Bonchev–Trinajstić information content (AvgIpc) is 2.57. The predicted octanol–water partition coefficient (Wildman–Crippen LogP) is 3.04. The van der Waals surface area contributed by atoms with Crippen molar-refractivity contribution >= 4 is 17.3 Å². The van der Waals surface area contributed by atoms with Gasteiger partial charge in [0.1, 0.15) is 0 Å². The van der Waals surface area contributed by atoms with E-state index in [4.69, 9.17) is 5.21 Å². The zero-order chi connectivity index (χ0) is 13.8. The molecule has 1 aromatic rings. The summed E-state index contributed by atoms with van der Waals surface area (Å²) < 4.78 is 0. The number of hydrogen-bond acceptors (Lipinski definition) is 3. The third-order valence-corrected chi connectivity index (χ3v) is 3.31. The SMILES string of the molecule is CC(C)CC(=O)N1CCC/C(=N/O)c2ccccc21. The lowest BCUT2D eigenvalue weighted by Crippen LogP contribution is -2.32. The van der Waals surface area contributed by atoms with Crippen molar-refractivity contribution in [3.05, 3.63) is 29.8 Å². The van der Waals surface area contributed by atoms with E-state index in [2.05, 4.69) is 5.16 Å². The van der Waals surface area contributed by atoms with Crippen molar-refractivity contribution in [2.45, 2.75) is 33.1 Å². The lowest BCUT2D eigenvalue weighted by atomic mass is 10.1. The predicted molar refractivity (Wildman–Crippen MR) is 75.8 cm³/mol. The quantitative estimate of drug-likeness (QED) is 0.656. The second-order valence-electron chi connectivity index (χ2n) is 5.31. The van der Waals surface area contributed by atoms with E-state index in [1.54, 1.807) is 0 Å². The molecule has 0 radical (unpaired) electrons. The maximum atomic E-state index is 12.3. The summed E-state index contributed by atoms with van der Waals surface area (Å²) in [7, 11) is 0. The molecule has 1 heterocycles. The molecule has 1 amide bonds. The lowest BCUT2D eigenvalue weighted by Gasteiger charge is -2.23. The van der Waals surface area contributed by atoms with Crippen LogP contribution in [0.1, 0.15) is 38.7 Å². The largest absolute Gasteiger partial charge is 0.411 e. The number of nitrogens with zero attached hydrogens (tertiary/aromatic N) is 2. The van der Waals surface area contributed by atoms with Gasteiger partial charge in [0, 0.05) is 18.5 Å². The zero-order valence-electron chi connectivity index (χ0n) is 11.5. The second-order valence-corrected chi connectivity index (χ2v) is 5.31. The number of hydrogen-bond donors (Lipinski definition) is 1. The van der Waals surface area contributed by atoms with Crippen molar-refractivity contribution in [1.82, 2.24) is 0 Å². The van der Waals surface area contributed by atoms with Crippen molar-refractivity contribution in [3.8, 4) is 0 Å². The maximum Gasteiger partial charge on any atom is 0.227 e. The monoisotopic (exact) mass is 260 g/mol. The third-order valence-electron chi connectivity index (χ3n) is 3.31. The summed E-state index contributed by atoms with van der Waals surface area (Å²) in [5.41, 5.74) is 2.38. The number of oxime groups is 1. The summed E-state index contributed by atoms with van der Waals surface area (Å²) in [5, 5.41) is 12.5. The van der Waals surface area contributed by atoms with Gasteiger partial charge in [0.2, 0.25) is 5.91 Å². The Hall–Kier alpha value is -1.84. The van der Waals surface area contributed by atoms with Crippen molar-refractivity contribution in [2.24, 2.45) is 11.1 Å². The summed E-state index contributed by atoms with van der Waals surface area (Å²) >= 11 is 0. The van der Waals surface area contributed by atoms with Gasteiger partial charge in [-0.1, -0.05) is 37.2 Å². The Kier molecular flexibility index (Phi) is 4.20. The van der Waals surface area contributed by atoms with E-state index in [9.17, 15) is 4.79 Å². The average molecular weight is 260 g/mol. The molecular weight excluding hydrogens is 240 g/mol. The molecule has 1 aliphatic heterocycles. The van der Waals surface area contributed by atoms with Gasteiger partial charge in [0.25, 0.3) is 0 Å². The van der Waals surface area contributed by atoms with E-state index < -0.39 is 0 Å². The van der Waals surface area contributed by atoms with E-state index in [0.717, 1.165) is 17.7 Å².